The zero-order chi connectivity index (χ0) is 18.7. The van der Waals surface area contributed by atoms with Gasteiger partial charge in [-0.3, -0.25) is 9.59 Å². The average molecular weight is 358 g/mol. The minimum absolute atomic E-state index is 0.0267. The van der Waals surface area contributed by atoms with Crippen LogP contribution in [0.3, 0.4) is 0 Å². The molecule has 1 aliphatic rings. The Kier molecular flexibility index (Phi) is 10.7. The van der Waals surface area contributed by atoms with Crippen molar-refractivity contribution in [2.24, 2.45) is 11.8 Å². The van der Waals surface area contributed by atoms with Gasteiger partial charge in [-0.05, 0) is 26.7 Å². The molecule has 0 aromatic rings. The fraction of sp³-hybridized carbons (Fsp3) is 0.895. The molecule has 25 heavy (non-hydrogen) atoms. The van der Waals surface area contributed by atoms with Crippen molar-refractivity contribution in [3.05, 3.63) is 0 Å². The highest BCUT2D eigenvalue weighted by Gasteiger charge is 2.48. The maximum Gasteiger partial charge on any atom is 0.311 e. The molecule has 0 bridgehead atoms. The highest BCUT2D eigenvalue weighted by atomic mass is 16.5. The van der Waals surface area contributed by atoms with Gasteiger partial charge in [0.2, 0.25) is 0 Å². The zero-order valence-electron chi connectivity index (χ0n) is 16.1. The van der Waals surface area contributed by atoms with Crippen LogP contribution in [0.1, 0.15) is 58.8 Å². The van der Waals surface area contributed by atoms with Gasteiger partial charge < -0.3 is 18.9 Å². The Labute approximate surface area is 151 Å². The predicted octanol–water partition coefficient (Wildman–Crippen LogP) is 3.12. The van der Waals surface area contributed by atoms with Gasteiger partial charge in [0.15, 0.2) is 0 Å². The maximum absolute atomic E-state index is 12.3. The second kappa shape index (κ2) is 12.3. The number of carbonyl (C=O) groups is 2. The first-order chi connectivity index (χ1) is 12.1. The normalized spacial score (nSPS) is 25.8. The summed E-state index contributed by atoms with van der Waals surface area (Å²) >= 11 is 0. The van der Waals surface area contributed by atoms with E-state index in [0.717, 1.165) is 38.5 Å². The van der Waals surface area contributed by atoms with E-state index in [9.17, 15) is 9.59 Å². The van der Waals surface area contributed by atoms with Crippen LogP contribution in [0.25, 0.3) is 0 Å². The monoisotopic (exact) mass is 358 g/mol. The summed E-state index contributed by atoms with van der Waals surface area (Å²) in [6.45, 7) is 4.46. The Hall–Kier alpha value is -1.14. The van der Waals surface area contributed by atoms with E-state index in [1.165, 1.54) is 0 Å². The van der Waals surface area contributed by atoms with Gasteiger partial charge in [0.1, 0.15) is 0 Å². The van der Waals surface area contributed by atoms with E-state index < -0.39 is 0 Å². The first-order valence-corrected chi connectivity index (χ1v) is 9.46. The van der Waals surface area contributed by atoms with Crippen LogP contribution in [-0.2, 0) is 28.5 Å². The summed E-state index contributed by atoms with van der Waals surface area (Å²) in [5, 5.41) is 0. The Morgan fingerprint density at radius 1 is 0.880 bits per heavy atom. The molecule has 0 aromatic carbocycles. The van der Waals surface area contributed by atoms with Crippen LogP contribution < -0.4 is 0 Å². The summed E-state index contributed by atoms with van der Waals surface area (Å²) < 4.78 is 21.3. The molecule has 6 nitrogen and oxygen atoms in total. The van der Waals surface area contributed by atoms with Gasteiger partial charge in [0, 0.05) is 33.0 Å². The van der Waals surface area contributed by atoms with E-state index in [1.54, 1.807) is 14.2 Å². The fourth-order valence-electron chi connectivity index (χ4n) is 3.74. The van der Waals surface area contributed by atoms with Crippen LogP contribution in [0.2, 0.25) is 0 Å². The van der Waals surface area contributed by atoms with Crippen molar-refractivity contribution in [2.75, 3.05) is 27.4 Å². The molecule has 4 atom stereocenters. The lowest BCUT2D eigenvalue weighted by atomic mass is 9.88. The average Bonchev–Trinajstić information content (AvgIpc) is 2.96. The Balaban J connectivity index is 2.43. The van der Waals surface area contributed by atoms with Crippen LogP contribution in [0, 0.1) is 11.8 Å². The smallest absolute Gasteiger partial charge is 0.311 e. The topological polar surface area (TPSA) is 71.1 Å². The van der Waals surface area contributed by atoms with Crippen molar-refractivity contribution >= 4 is 11.9 Å². The van der Waals surface area contributed by atoms with E-state index >= 15 is 0 Å². The highest BCUT2D eigenvalue weighted by molar-refractivity contribution is 5.74. The lowest BCUT2D eigenvalue weighted by Crippen LogP contribution is -2.32. The molecule has 4 unspecified atom stereocenters. The zero-order valence-corrected chi connectivity index (χ0v) is 16.1. The van der Waals surface area contributed by atoms with E-state index in [0.29, 0.717) is 19.6 Å². The Morgan fingerprint density at radius 2 is 1.52 bits per heavy atom. The van der Waals surface area contributed by atoms with Gasteiger partial charge in [0.05, 0.1) is 31.3 Å². The molecule has 1 rings (SSSR count). The van der Waals surface area contributed by atoms with Crippen LogP contribution in [0.15, 0.2) is 0 Å². The van der Waals surface area contributed by atoms with Gasteiger partial charge in [-0.15, -0.1) is 0 Å². The van der Waals surface area contributed by atoms with Crippen LogP contribution in [0.4, 0.5) is 0 Å². The molecule has 0 aliphatic heterocycles. The van der Waals surface area contributed by atoms with Crippen molar-refractivity contribution in [3.8, 4) is 0 Å². The first kappa shape index (κ1) is 21.9. The molecule has 1 aliphatic carbocycles. The summed E-state index contributed by atoms with van der Waals surface area (Å²) in [4.78, 5) is 23.7. The number of ether oxygens (including phenoxy) is 4. The molecule has 0 heterocycles. The van der Waals surface area contributed by atoms with E-state index in [1.807, 2.05) is 13.8 Å². The van der Waals surface area contributed by atoms with E-state index in [2.05, 4.69) is 0 Å². The van der Waals surface area contributed by atoms with E-state index in [4.69, 9.17) is 18.9 Å². The predicted molar refractivity (Wildman–Crippen MR) is 94.2 cm³/mol. The third-order valence-corrected chi connectivity index (χ3v) is 4.94. The second-order valence-electron chi connectivity index (χ2n) is 6.48. The first-order valence-electron chi connectivity index (χ1n) is 9.46. The van der Waals surface area contributed by atoms with Gasteiger partial charge in [-0.2, -0.15) is 0 Å². The molecule has 0 spiro atoms. The van der Waals surface area contributed by atoms with Gasteiger partial charge >= 0.3 is 11.9 Å². The molecule has 0 radical (unpaired) electrons. The molecule has 0 amide bonds. The number of hydrogen-bond acceptors (Lipinski definition) is 6. The lowest BCUT2D eigenvalue weighted by molar-refractivity contribution is -0.154. The largest absolute Gasteiger partial charge is 0.466 e. The van der Waals surface area contributed by atoms with Crippen LogP contribution in [0.5, 0.6) is 0 Å². The van der Waals surface area contributed by atoms with Gasteiger partial charge in [-0.25, -0.2) is 0 Å². The number of esters is 2. The molecule has 0 aromatic heterocycles. The lowest BCUT2D eigenvalue weighted by Gasteiger charge is -2.24. The molecular formula is C19H34O6. The minimum Gasteiger partial charge on any atom is -0.466 e. The van der Waals surface area contributed by atoms with Gasteiger partial charge in [-0.1, -0.05) is 19.3 Å². The number of carbonyl (C=O) groups excluding carboxylic acids is 2. The highest BCUT2D eigenvalue weighted by Crippen LogP contribution is 2.40. The third kappa shape index (κ3) is 6.94. The standard InChI is InChI=1S/C19H34O6/c1-5-24-17(20)12-10-8-7-9-11-14-15(22-3)13-16(23-4)18(14)19(21)25-6-2/h14-16,18H,5-13H2,1-4H3. The number of methoxy groups -OCH3 is 2. The van der Waals surface area contributed by atoms with Gasteiger partial charge in [0.25, 0.3) is 0 Å². The number of rotatable bonds is 12. The molecular weight excluding hydrogens is 324 g/mol. The molecule has 1 fully saturated rings. The molecule has 1 saturated carbocycles. The molecule has 6 heteroatoms. The summed E-state index contributed by atoms with van der Waals surface area (Å²) in [5.74, 6) is -0.433. The summed E-state index contributed by atoms with van der Waals surface area (Å²) in [5.41, 5.74) is 0. The van der Waals surface area contributed by atoms with Crippen molar-refractivity contribution in [2.45, 2.75) is 71.0 Å². The van der Waals surface area contributed by atoms with Crippen LogP contribution >= 0.6 is 0 Å². The van der Waals surface area contributed by atoms with Crippen LogP contribution in [-0.4, -0.2) is 51.6 Å². The quantitative estimate of drug-likeness (QED) is 0.394. The van der Waals surface area contributed by atoms with Crippen molar-refractivity contribution in [1.29, 1.82) is 0 Å². The number of unbranched alkanes of at least 4 members (excludes halogenated alkanes) is 3. The van der Waals surface area contributed by atoms with Crippen molar-refractivity contribution < 1.29 is 28.5 Å². The van der Waals surface area contributed by atoms with E-state index in [-0.39, 0.29) is 36.0 Å². The SMILES string of the molecule is CCOC(=O)CCCCCCC1C(OC)CC(OC)C1C(=O)OCC. The minimum atomic E-state index is -0.255. The van der Waals surface area contributed by atoms with Crippen molar-refractivity contribution in [1.82, 2.24) is 0 Å². The summed E-state index contributed by atoms with van der Waals surface area (Å²) in [6, 6.07) is 0. The Morgan fingerprint density at radius 3 is 2.12 bits per heavy atom. The summed E-state index contributed by atoms with van der Waals surface area (Å²) in [7, 11) is 3.33. The maximum atomic E-state index is 12.3. The molecule has 0 saturated heterocycles. The summed E-state index contributed by atoms with van der Waals surface area (Å²) in [6.07, 6.45) is 5.86. The van der Waals surface area contributed by atoms with Crippen molar-refractivity contribution in [3.63, 3.8) is 0 Å². The molecule has 146 valence electrons. The third-order valence-electron chi connectivity index (χ3n) is 4.94. The fourth-order valence-corrected chi connectivity index (χ4v) is 3.74. The second-order valence-corrected chi connectivity index (χ2v) is 6.48. The Bertz CT molecular complexity index is 397. The molecule has 0 N–H and O–H groups in total. The number of hydrogen-bond donors (Lipinski definition) is 0.